The molecule has 0 amide bonds. The number of carbonyl (C=O) groups is 1. The molecule has 116 valence electrons. The molecular weight excluding hydrogens is 308 g/mol. The van der Waals surface area contributed by atoms with E-state index in [-0.39, 0.29) is 5.56 Å². The molecule has 0 saturated carbocycles. The van der Waals surface area contributed by atoms with E-state index in [1.807, 2.05) is 5.38 Å². The summed E-state index contributed by atoms with van der Waals surface area (Å²) < 4.78 is 0. The van der Waals surface area contributed by atoms with Crippen molar-refractivity contribution in [3.63, 3.8) is 0 Å². The van der Waals surface area contributed by atoms with Gasteiger partial charge in [0.25, 0.3) is 0 Å². The van der Waals surface area contributed by atoms with Crippen LogP contribution in [-0.4, -0.2) is 11.0 Å². The predicted octanol–water partition coefficient (Wildman–Crippen LogP) is 3.53. The third kappa shape index (κ3) is 3.40. The second-order valence-corrected chi connectivity index (χ2v) is 6.20. The van der Waals surface area contributed by atoms with Gasteiger partial charge < -0.3 is 15.2 Å². The molecule has 0 unspecified atom stereocenters. The average molecular weight is 323 g/mol. The number of carbonyl (C=O) groups excluding carboxylic acids is 1. The molecule has 5 heteroatoms. The molecule has 0 bridgehead atoms. The first-order chi connectivity index (χ1) is 11.0. The zero-order chi connectivity index (χ0) is 16.4. The fourth-order valence-corrected chi connectivity index (χ4v) is 3.10. The van der Waals surface area contributed by atoms with Gasteiger partial charge in [0, 0.05) is 16.6 Å². The Balaban J connectivity index is 1.80. The van der Waals surface area contributed by atoms with Gasteiger partial charge in [-0.05, 0) is 37.1 Å². The maximum Gasteiger partial charge on any atom is 0.187 e. The standard InChI is InChI=1S/C18H16N2O2S/c1-11-3-8-15(12(2)9-11)16-10-23-18(20-16)19-14-6-4-13(5-7-14)17(21)22/h3-10H,1-2H3,(H,19,20)(H,21,22)/p-1. The first-order valence-corrected chi connectivity index (χ1v) is 8.02. The third-order valence-electron chi connectivity index (χ3n) is 3.53. The Morgan fingerprint density at radius 1 is 1.13 bits per heavy atom. The smallest absolute Gasteiger partial charge is 0.187 e. The minimum absolute atomic E-state index is 0.158. The molecule has 3 rings (SSSR count). The lowest BCUT2D eigenvalue weighted by atomic mass is 10.0. The largest absolute Gasteiger partial charge is 0.545 e. The van der Waals surface area contributed by atoms with E-state index in [4.69, 9.17) is 0 Å². The molecule has 4 nitrogen and oxygen atoms in total. The Labute approximate surface area is 138 Å². The topological polar surface area (TPSA) is 65.0 Å². The van der Waals surface area contributed by atoms with Gasteiger partial charge in [0.2, 0.25) is 0 Å². The Bertz CT molecular complexity index is 854. The number of aryl methyl sites for hydroxylation is 2. The van der Waals surface area contributed by atoms with Crippen LogP contribution in [0.3, 0.4) is 0 Å². The van der Waals surface area contributed by atoms with Crippen LogP contribution < -0.4 is 10.4 Å². The van der Waals surface area contributed by atoms with Gasteiger partial charge in [-0.1, -0.05) is 35.9 Å². The van der Waals surface area contributed by atoms with E-state index in [1.54, 1.807) is 12.1 Å². The summed E-state index contributed by atoms with van der Waals surface area (Å²) in [5, 5.41) is 16.7. The molecule has 0 radical (unpaired) electrons. The number of rotatable bonds is 4. The van der Waals surface area contributed by atoms with Crippen LogP contribution in [0.5, 0.6) is 0 Å². The number of thiazole rings is 1. The van der Waals surface area contributed by atoms with E-state index in [2.05, 4.69) is 42.3 Å². The molecule has 0 atom stereocenters. The first kappa shape index (κ1) is 15.2. The first-order valence-electron chi connectivity index (χ1n) is 7.14. The lowest BCUT2D eigenvalue weighted by Gasteiger charge is -2.06. The molecule has 23 heavy (non-hydrogen) atoms. The highest BCUT2D eigenvalue weighted by atomic mass is 32.1. The number of carboxylic acid groups (broad SMARTS) is 1. The van der Waals surface area contributed by atoms with Gasteiger partial charge >= 0.3 is 0 Å². The predicted molar refractivity (Wildman–Crippen MR) is 91.1 cm³/mol. The van der Waals surface area contributed by atoms with Crippen molar-refractivity contribution in [3.8, 4) is 11.3 Å². The molecule has 1 heterocycles. The van der Waals surface area contributed by atoms with Crippen LogP contribution in [-0.2, 0) is 0 Å². The lowest BCUT2D eigenvalue weighted by Crippen LogP contribution is -2.21. The molecule has 0 saturated heterocycles. The van der Waals surface area contributed by atoms with Gasteiger partial charge in [-0.2, -0.15) is 0 Å². The summed E-state index contributed by atoms with van der Waals surface area (Å²) in [4.78, 5) is 15.3. The quantitative estimate of drug-likeness (QED) is 0.797. The van der Waals surface area contributed by atoms with Crippen molar-refractivity contribution in [2.24, 2.45) is 0 Å². The second-order valence-electron chi connectivity index (χ2n) is 5.35. The van der Waals surface area contributed by atoms with Crippen LogP contribution in [0, 0.1) is 13.8 Å². The number of hydrogen-bond donors (Lipinski definition) is 1. The van der Waals surface area contributed by atoms with Crippen LogP contribution >= 0.6 is 11.3 Å². The summed E-state index contributed by atoms with van der Waals surface area (Å²) in [6.07, 6.45) is 0. The maximum atomic E-state index is 10.7. The molecular formula is C18H15N2O2S-. The molecule has 0 spiro atoms. The summed E-state index contributed by atoms with van der Waals surface area (Å²) in [5.41, 5.74) is 5.42. The van der Waals surface area contributed by atoms with Gasteiger partial charge in [-0.25, -0.2) is 4.98 Å². The minimum atomic E-state index is -1.18. The molecule has 1 N–H and O–H groups in total. The van der Waals surface area contributed by atoms with Crippen molar-refractivity contribution in [2.45, 2.75) is 13.8 Å². The third-order valence-corrected chi connectivity index (χ3v) is 4.29. The molecule has 0 aliphatic heterocycles. The summed E-state index contributed by atoms with van der Waals surface area (Å²) in [6.45, 7) is 4.15. The van der Waals surface area contributed by atoms with Gasteiger partial charge in [-0.15, -0.1) is 11.3 Å². The molecule has 3 aromatic rings. The molecule has 0 aliphatic carbocycles. The number of carboxylic acids is 1. The highest BCUT2D eigenvalue weighted by Crippen LogP contribution is 2.29. The average Bonchev–Trinajstić information content (AvgIpc) is 2.96. The van der Waals surface area contributed by atoms with Crippen molar-refractivity contribution in [3.05, 3.63) is 64.5 Å². The second kappa shape index (κ2) is 6.22. The number of benzene rings is 2. The van der Waals surface area contributed by atoms with Gasteiger partial charge in [0.1, 0.15) is 0 Å². The zero-order valence-electron chi connectivity index (χ0n) is 12.8. The van der Waals surface area contributed by atoms with Gasteiger partial charge in [0.05, 0.1) is 11.7 Å². The van der Waals surface area contributed by atoms with Crippen LogP contribution in [0.4, 0.5) is 10.8 Å². The van der Waals surface area contributed by atoms with E-state index in [9.17, 15) is 9.90 Å². The van der Waals surface area contributed by atoms with E-state index in [0.717, 1.165) is 22.1 Å². The SMILES string of the molecule is Cc1ccc(-c2csc(Nc3ccc(C(=O)[O-])cc3)n2)c(C)c1. The number of anilines is 2. The highest BCUT2D eigenvalue weighted by Gasteiger charge is 2.07. The summed E-state index contributed by atoms with van der Waals surface area (Å²) >= 11 is 1.51. The van der Waals surface area contributed by atoms with Crippen molar-refractivity contribution in [2.75, 3.05) is 5.32 Å². The van der Waals surface area contributed by atoms with E-state index >= 15 is 0 Å². The number of aromatic nitrogens is 1. The summed E-state index contributed by atoms with van der Waals surface area (Å²) in [6, 6.07) is 12.7. The van der Waals surface area contributed by atoms with E-state index < -0.39 is 5.97 Å². The summed E-state index contributed by atoms with van der Waals surface area (Å²) in [5.74, 6) is -1.18. The number of nitrogens with zero attached hydrogens (tertiary/aromatic N) is 1. The monoisotopic (exact) mass is 323 g/mol. The Morgan fingerprint density at radius 3 is 2.52 bits per heavy atom. The van der Waals surface area contributed by atoms with Crippen molar-refractivity contribution in [1.82, 2.24) is 4.98 Å². The molecule has 0 fully saturated rings. The normalized spacial score (nSPS) is 10.5. The lowest BCUT2D eigenvalue weighted by molar-refractivity contribution is -0.255. The highest BCUT2D eigenvalue weighted by molar-refractivity contribution is 7.14. The van der Waals surface area contributed by atoms with Crippen molar-refractivity contribution >= 4 is 28.1 Å². The van der Waals surface area contributed by atoms with Gasteiger partial charge in [0.15, 0.2) is 5.13 Å². The van der Waals surface area contributed by atoms with Crippen molar-refractivity contribution < 1.29 is 9.90 Å². The van der Waals surface area contributed by atoms with E-state index in [0.29, 0.717) is 0 Å². The number of nitrogens with one attached hydrogen (secondary N) is 1. The molecule has 1 aromatic heterocycles. The fourth-order valence-electron chi connectivity index (χ4n) is 2.37. The van der Waals surface area contributed by atoms with Crippen LogP contribution in [0.25, 0.3) is 11.3 Å². The Kier molecular flexibility index (Phi) is 4.12. The summed E-state index contributed by atoms with van der Waals surface area (Å²) in [7, 11) is 0. The fraction of sp³-hybridized carbons (Fsp3) is 0.111. The number of hydrogen-bond acceptors (Lipinski definition) is 5. The Hall–Kier alpha value is -2.66. The molecule has 2 aromatic carbocycles. The molecule has 0 aliphatic rings. The van der Waals surface area contributed by atoms with E-state index in [1.165, 1.54) is 34.6 Å². The van der Waals surface area contributed by atoms with Crippen LogP contribution in [0.15, 0.2) is 47.8 Å². The van der Waals surface area contributed by atoms with Gasteiger partial charge in [-0.3, -0.25) is 0 Å². The Morgan fingerprint density at radius 2 is 1.87 bits per heavy atom. The number of aromatic carboxylic acids is 1. The maximum absolute atomic E-state index is 10.7. The zero-order valence-corrected chi connectivity index (χ0v) is 13.6. The van der Waals surface area contributed by atoms with Crippen molar-refractivity contribution in [1.29, 1.82) is 0 Å². The van der Waals surface area contributed by atoms with Crippen LogP contribution in [0.1, 0.15) is 21.5 Å². The van der Waals surface area contributed by atoms with Crippen LogP contribution in [0.2, 0.25) is 0 Å². The minimum Gasteiger partial charge on any atom is -0.545 e.